The van der Waals surface area contributed by atoms with Gasteiger partial charge in [-0.25, -0.2) is 4.98 Å². The highest BCUT2D eigenvalue weighted by Gasteiger charge is 2.11. The number of pyridine rings is 1. The Kier molecular flexibility index (Phi) is 2.94. The van der Waals surface area contributed by atoms with E-state index in [4.69, 9.17) is 11.6 Å². The third-order valence-electron chi connectivity index (χ3n) is 2.99. The highest BCUT2D eigenvalue weighted by Crippen LogP contribution is 2.17. The van der Waals surface area contributed by atoms with Crippen LogP contribution in [0.5, 0.6) is 0 Å². The van der Waals surface area contributed by atoms with Gasteiger partial charge in [0.05, 0.1) is 5.69 Å². The van der Waals surface area contributed by atoms with Gasteiger partial charge in [0.25, 0.3) is 0 Å². The molecule has 3 nitrogen and oxygen atoms in total. The Morgan fingerprint density at radius 3 is 2.68 bits per heavy atom. The molecule has 0 atom stereocenters. The van der Waals surface area contributed by atoms with Crippen LogP contribution in [0.25, 0.3) is 5.65 Å². The van der Waals surface area contributed by atoms with Crippen molar-refractivity contribution in [3.8, 4) is 6.07 Å². The van der Waals surface area contributed by atoms with Crippen LogP contribution in [0.4, 0.5) is 0 Å². The first-order valence-corrected chi connectivity index (χ1v) is 6.26. The number of hydrogen-bond acceptors (Lipinski definition) is 2. The van der Waals surface area contributed by atoms with Crippen molar-refractivity contribution in [3.05, 3.63) is 70.6 Å². The van der Waals surface area contributed by atoms with E-state index in [0.717, 1.165) is 16.9 Å². The van der Waals surface area contributed by atoms with Crippen LogP contribution >= 0.6 is 11.6 Å². The Morgan fingerprint density at radius 2 is 1.95 bits per heavy atom. The highest BCUT2D eigenvalue weighted by molar-refractivity contribution is 6.30. The summed E-state index contributed by atoms with van der Waals surface area (Å²) >= 11 is 5.87. The number of hydrogen-bond donors (Lipinski definition) is 0. The van der Waals surface area contributed by atoms with Crippen molar-refractivity contribution in [2.24, 2.45) is 0 Å². The van der Waals surface area contributed by atoms with Crippen molar-refractivity contribution >= 4 is 17.2 Å². The van der Waals surface area contributed by atoms with E-state index in [9.17, 15) is 5.26 Å². The Morgan fingerprint density at radius 1 is 1.16 bits per heavy atom. The monoisotopic (exact) mass is 267 g/mol. The average molecular weight is 268 g/mol. The van der Waals surface area contributed by atoms with Gasteiger partial charge in [0.15, 0.2) is 0 Å². The van der Waals surface area contributed by atoms with Crippen LogP contribution in [0.3, 0.4) is 0 Å². The Labute approximate surface area is 115 Å². The fraction of sp³-hybridized carbons (Fsp3) is 0.0667. The predicted molar refractivity (Wildman–Crippen MR) is 74.2 cm³/mol. The quantitative estimate of drug-likeness (QED) is 0.714. The van der Waals surface area contributed by atoms with Gasteiger partial charge in [0.2, 0.25) is 0 Å². The van der Waals surface area contributed by atoms with Gasteiger partial charge >= 0.3 is 0 Å². The van der Waals surface area contributed by atoms with Gasteiger partial charge in [-0.2, -0.15) is 5.26 Å². The van der Waals surface area contributed by atoms with E-state index in [-0.39, 0.29) is 0 Å². The Balaban J connectivity index is 2.05. The first kappa shape index (κ1) is 11.8. The molecule has 0 bridgehead atoms. The second-order valence-electron chi connectivity index (χ2n) is 4.25. The van der Waals surface area contributed by atoms with Gasteiger partial charge in [0.1, 0.15) is 17.4 Å². The lowest BCUT2D eigenvalue weighted by atomic mass is 10.1. The molecular weight excluding hydrogens is 258 g/mol. The van der Waals surface area contributed by atoms with Crippen molar-refractivity contribution < 1.29 is 0 Å². The molecule has 2 heterocycles. The summed E-state index contributed by atoms with van der Waals surface area (Å²) in [4.78, 5) is 4.51. The normalized spacial score (nSPS) is 10.5. The zero-order valence-corrected chi connectivity index (χ0v) is 10.8. The topological polar surface area (TPSA) is 41.1 Å². The smallest absolute Gasteiger partial charge is 0.148 e. The lowest BCUT2D eigenvalue weighted by Gasteiger charge is -1.99. The van der Waals surface area contributed by atoms with E-state index in [1.54, 1.807) is 0 Å². The van der Waals surface area contributed by atoms with Gasteiger partial charge < -0.3 is 0 Å². The van der Waals surface area contributed by atoms with E-state index in [1.807, 2.05) is 53.1 Å². The van der Waals surface area contributed by atoms with Crippen LogP contribution in [0.15, 0.2) is 48.7 Å². The predicted octanol–water partition coefficient (Wildman–Crippen LogP) is 3.45. The fourth-order valence-electron chi connectivity index (χ4n) is 2.08. The first-order chi connectivity index (χ1) is 9.28. The maximum atomic E-state index is 9.30. The summed E-state index contributed by atoms with van der Waals surface area (Å²) in [5.41, 5.74) is 3.26. The SMILES string of the molecule is N#Cc1c(Cc2ccc(Cl)cc2)nc2ccccn12. The van der Waals surface area contributed by atoms with Crippen molar-refractivity contribution in [1.82, 2.24) is 9.38 Å². The fourth-order valence-corrected chi connectivity index (χ4v) is 2.21. The summed E-state index contributed by atoms with van der Waals surface area (Å²) in [6.07, 6.45) is 2.48. The van der Waals surface area contributed by atoms with Crippen LogP contribution in [0.2, 0.25) is 5.02 Å². The summed E-state index contributed by atoms with van der Waals surface area (Å²) in [6.45, 7) is 0. The van der Waals surface area contributed by atoms with Gasteiger partial charge in [0, 0.05) is 17.6 Å². The molecule has 1 aromatic carbocycles. The molecule has 0 amide bonds. The van der Waals surface area contributed by atoms with Crippen molar-refractivity contribution in [2.45, 2.75) is 6.42 Å². The van der Waals surface area contributed by atoms with E-state index in [2.05, 4.69) is 11.1 Å². The molecule has 4 heteroatoms. The van der Waals surface area contributed by atoms with Crippen LogP contribution in [-0.4, -0.2) is 9.38 Å². The lowest BCUT2D eigenvalue weighted by molar-refractivity contribution is 1.09. The summed E-state index contributed by atoms with van der Waals surface area (Å²) in [6, 6.07) is 15.5. The van der Waals surface area contributed by atoms with Crippen LogP contribution in [0.1, 0.15) is 17.0 Å². The second kappa shape index (κ2) is 4.75. The standard InChI is InChI=1S/C15H10ClN3/c16-12-6-4-11(5-7-12)9-13-14(10-17)19-8-2-1-3-15(19)18-13/h1-8H,9H2. The maximum absolute atomic E-state index is 9.30. The third kappa shape index (κ3) is 2.18. The van der Waals surface area contributed by atoms with Crippen LogP contribution in [0, 0.1) is 11.3 Å². The summed E-state index contributed by atoms with van der Waals surface area (Å²) < 4.78 is 1.81. The summed E-state index contributed by atoms with van der Waals surface area (Å²) in [5.74, 6) is 0. The average Bonchev–Trinajstić information content (AvgIpc) is 2.78. The number of benzene rings is 1. The third-order valence-corrected chi connectivity index (χ3v) is 3.24. The molecule has 0 saturated carbocycles. The Hall–Kier alpha value is -2.31. The maximum Gasteiger partial charge on any atom is 0.148 e. The number of aromatic nitrogens is 2. The molecule has 3 rings (SSSR count). The molecule has 92 valence electrons. The van der Waals surface area contributed by atoms with E-state index in [0.29, 0.717) is 17.1 Å². The molecule has 0 aliphatic heterocycles. The lowest BCUT2D eigenvalue weighted by Crippen LogP contribution is -1.93. The van der Waals surface area contributed by atoms with Crippen LogP contribution in [-0.2, 0) is 6.42 Å². The zero-order chi connectivity index (χ0) is 13.2. The summed E-state index contributed by atoms with van der Waals surface area (Å²) in [7, 11) is 0. The van der Waals surface area contributed by atoms with E-state index < -0.39 is 0 Å². The number of rotatable bonds is 2. The largest absolute Gasteiger partial charge is 0.291 e. The molecular formula is C15H10ClN3. The molecule has 0 saturated heterocycles. The zero-order valence-electron chi connectivity index (χ0n) is 10.0. The molecule has 0 spiro atoms. The molecule has 0 aliphatic carbocycles. The van der Waals surface area contributed by atoms with Gasteiger partial charge in [-0.15, -0.1) is 0 Å². The minimum Gasteiger partial charge on any atom is -0.291 e. The molecule has 0 radical (unpaired) electrons. The number of nitrogens with zero attached hydrogens (tertiary/aromatic N) is 3. The molecule has 19 heavy (non-hydrogen) atoms. The molecule has 0 unspecified atom stereocenters. The first-order valence-electron chi connectivity index (χ1n) is 5.88. The molecule has 0 fully saturated rings. The summed E-state index contributed by atoms with van der Waals surface area (Å²) in [5, 5.41) is 10.0. The molecule has 0 aliphatic rings. The number of halogens is 1. The molecule has 2 aromatic heterocycles. The van der Waals surface area contributed by atoms with Gasteiger partial charge in [-0.1, -0.05) is 29.8 Å². The minimum atomic E-state index is 0.588. The van der Waals surface area contributed by atoms with E-state index in [1.165, 1.54) is 0 Å². The number of nitriles is 1. The number of fused-ring (bicyclic) bond motifs is 1. The van der Waals surface area contributed by atoms with Crippen molar-refractivity contribution in [3.63, 3.8) is 0 Å². The highest BCUT2D eigenvalue weighted by atomic mass is 35.5. The number of imidazole rings is 1. The van der Waals surface area contributed by atoms with E-state index >= 15 is 0 Å². The van der Waals surface area contributed by atoms with Gasteiger partial charge in [-0.3, -0.25) is 4.40 Å². The molecule has 0 N–H and O–H groups in total. The van der Waals surface area contributed by atoms with Crippen molar-refractivity contribution in [1.29, 1.82) is 5.26 Å². The second-order valence-corrected chi connectivity index (χ2v) is 4.69. The Bertz CT molecular complexity index is 766. The minimum absolute atomic E-state index is 0.588. The van der Waals surface area contributed by atoms with Gasteiger partial charge in [-0.05, 0) is 29.8 Å². The van der Waals surface area contributed by atoms with Crippen molar-refractivity contribution in [2.75, 3.05) is 0 Å². The molecule has 3 aromatic rings. The van der Waals surface area contributed by atoms with Crippen LogP contribution < -0.4 is 0 Å².